The highest BCUT2D eigenvalue weighted by Crippen LogP contribution is 2.14. The molecule has 1 rings (SSSR count). The van der Waals surface area contributed by atoms with Crippen LogP contribution in [0.15, 0.2) is 0 Å². The number of hydrogen-bond acceptors (Lipinski definition) is 6. The molecular weight excluding hydrogens is 320 g/mol. The van der Waals surface area contributed by atoms with Crippen molar-refractivity contribution < 1.29 is 18.1 Å². The van der Waals surface area contributed by atoms with E-state index in [-0.39, 0.29) is 10.8 Å². The zero-order chi connectivity index (χ0) is 15.2. The maximum atomic E-state index is 11.8. The predicted molar refractivity (Wildman–Crippen MR) is 79.8 cm³/mol. The lowest BCUT2D eigenvalue weighted by Crippen LogP contribution is -2.43. The van der Waals surface area contributed by atoms with E-state index in [1.165, 1.54) is 0 Å². The third kappa shape index (κ3) is 4.33. The van der Waals surface area contributed by atoms with E-state index in [1.54, 1.807) is 21.3 Å². The van der Waals surface area contributed by atoms with Crippen molar-refractivity contribution in [3.8, 4) is 0 Å². The fourth-order valence-corrected chi connectivity index (χ4v) is 3.82. The molecule has 0 aliphatic rings. The summed E-state index contributed by atoms with van der Waals surface area (Å²) in [7, 11) is 2.07. The minimum Gasteiger partial charge on any atom is -0.377 e. The molecule has 1 aromatic heterocycles. The van der Waals surface area contributed by atoms with E-state index < -0.39 is 8.80 Å². The number of aromatic amines is 2. The Balaban J connectivity index is 2.45. The van der Waals surface area contributed by atoms with E-state index in [0.29, 0.717) is 23.8 Å². The van der Waals surface area contributed by atoms with E-state index in [1.807, 2.05) is 0 Å². The second-order valence-corrected chi connectivity index (χ2v) is 7.72. The predicted octanol–water partition coefficient (Wildman–Crippen LogP) is 1.43. The van der Waals surface area contributed by atoms with Gasteiger partial charge in [-0.25, -0.2) is 4.79 Å². The molecule has 11 heteroatoms. The van der Waals surface area contributed by atoms with Gasteiger partial charge in [0.15, 0.2) is 4.77 Å². The summed E-state index contributed by atoms with van der Waals surface area (Å²) >= 11 is 9.79. The number of rotatable bonds is 7. The number of amides is 1. The third-order valence-electron chi connectivity index (χ3n) is 2.71. The van der Waals surface area contributed by atoms with Crippen molar-refractivity contribution >= 4 is 39.3 Å². The summed E-state index contributed by atoms with van der Waals surface area (Å²) < 4.78 is 17.5. The zero-order valence-corrected chi connectivity index (χ0v) is 14.2. The van der Waals surface area contributed by atoms with Crippen LogP contribution in [0.2, 0.25) is 6.04 Å². The van der Waals surface area contributed by atoms with Crippen molar-refractivity contribution in [1.29, 1.82) is 0 Å². The van der Waals surface area contributed by atoms with E-state index in [0.717, 1.165) is 4.68 Å². The lowest BCUT2D eigenvalue weighted by molar-refractivity contribution is 0.123. The molecule has 0 bridgehead atoms. The summed E-state index contributed by atoms with van der Waals surface area (Å²) in [5.41, 5.74) is 0. The molecule has 1 aromatic rings. The first kappa shape index (κ1) is 17.2. The molecule has 8 nitrogen and oxygen atoms in total. The van der Waals surface area contributed by atoms with Gasteiger partial charge < -0.3 is 23.6 Å². The molecule has 0 saturated carbocycles. The summed E-state index contributed by atoms with van der Waals surface area (Å²) in [6.45, 7) is 0.442. The molecular formula is C9H18N4O4S2Si. The summed E-state index contributed by atoms with van der Waals surface area (Å²) in [6, 6.07) is 0.229. The van der Waals surface area contributed by atoms with Crippen molar-refractivity contribution in [2.24, 2.45) is 0 Å². The second-order valence-electron chi connectivity index (χ2n) is 3.84. The van der Waals surface area contributed by atoms with E-state index in [9.17, 15) is 4.79 Å². The quantitative estimate of drug-likeness (QED) is 0.396. The molecule has 114 valence electrons. The van der Waals surface area contributed by atoms with Crippen LogP contribution in [0.25, 0.3) is 0 Å². The molecule has 20 heavy (non-hydrogen) atoms. The summed E-state index contributed by atoms with van der Waals surface area (Å²) in [6.07, 6.45) is 0.659. The van der Waals surface area contributed by atoms with Gasteiger partial charge in [-0.05, 0) is 30.9 Å². The second kappa shape index (κ2) is 7.80. The Labute approximate surface area is 127 Å². The summed E-state index contributed by atoms with van der Waals surface area (Å²) in [4.78, 5) is 14.5. The highest BCUT2D eigenvalue weighted by molar-refractivity contribution is 7.72. The van der Waals surface area contributed by atoms with Gasteiger partial charge in [0.1, 0.15) is 0 Å². The van der Waals surface area contributed by atoms with Gasteiger partial charge in [-0.1, -0.05) is 0 Å². The van der Waals surface area contributed by atoms with Gasteiger partial charge in [0.2, 0.25) is 4.77 Å². The van der Waals surface area contributed by atoms with Gasteiger partial charge in [-0.2, -0.15) is 4.68 Å². The first-order valence-corrected chi connectivity index (χ1v) is 8.58. The van der Waals surface area contributed by atoms with Gasteiger partial charge in [-0.3, -0.25) is 5.10 Å². The topological polar surface area (TPSA) is 93.3 Å². The van der Waals surface area contributed by atoms with Crippen molar-refractivity contribution in [3.63, 3.8) is 0 Å². The Hall–Kier alpha value is -0.853. The highest BCUT2D eigenvalue weighted by Gasteiger charge is 2.36. The first-order chi connectivity index (χ1) is 9.48. The van der Waals surface area contributed by atoms with Gasteiger partial charge in [0.25, 0.3) is 0 Å². The molecule has 0 atom stereocenters. The summed E-state index contributed by atoms with van der Waals surface area (Å²) in [5, 5.41) is 5.34. The Bertz CT molecular complexity index is 542. The molecule has 0 fully saturated rings. The largest absolute Gasteiger partial charge is 0.500 e. The Morgan fingerprint density at radius 3 is 2.35 bits per heavy atom. The lowest BCUT2D eigenvalue weighted by atomic mass is 10.5. The van der Waals surface area contributed by atoms with Crippen LogP contribution in [-0.4, -0.2) is 57.5 Å². The fourth-order valence-electron chi connectivity index (χ4n) is 1.61. The molecule has 1 amide bonds. The van der Waals surface area contributed by atoms with Crippen LogP contribution in [-0.2, 0) is 13.3 Å². The standard InChI is InChI=1S/C9H18N4O4S2Si/c1-15-20(16-2,17-3)6-4-5-10-8(14)13-9(19)11-7(18)12-13/h4-6H2,1-3H3,(H,10,14)(H2,11,12,18,19). The van der Waals surface area contributed by atoms with E-state index in [4.69, 9.17) is 37.7 Å². The van der Waals surface area contributed by atoms with Crippen LogP contribution in [0.1, 0.15) is 6.42 Å². The van der Waals surface area contributed by atoms with Gasteiger partial charge in [0.05, 0.1) is 0 Å². The van der Waals surface area contributed by atoms with Crippen molar-refractivity contribution in [1.82, 2.24) is 20.1 Å². The van der Waals surface area contributed by atoms with Crippen LogP contribution < -0.4 is 5.32 Å². The maximum absolute atomic E-state index is 11.8. The maximum Gasteiger partial charge on any atom is 0.500 e. The molecule has 0 saturated heterocycles. The molecule has 0 aliphatic heterocycles. The molecule has 0 aliphatic carbocycles. The number of carbonyl (C=O) groups excluding carboxylic acids is 1. The minimum absolute atomic E-state index is 0.224. The van der Waals surface area contributed by atoms with Crippen molar-refractivity contribution in [2.45, 2.75) is 12.5 Å². The number of nitrogens with one attached hydrogen (secondary N) is 3. The van der Waals surface area contributed by atoms with Gasteiger partial charge in [-0.15, -0.1) is 0 Å². The monoisotopic (exact) mass is 338 g/mol. The van der Waals surface area contributed by atoms with Crippen molar-refractivity contribution in [2.75, 3.05) is 27.9 Å². The van der Waals surface area contributed by atoms with Crippen LogP contribution in [0, 0.1) is 9.54 Å². The van der Waals surface area contributed by atoms with Crippen LogP contribution in [0.4, 0.5) is 4.79 Å². The number of nitrogens with zero attached hydrogens (tertiary/aromatic N) is 1. The average Bonchev–Trinajstić information content (AvgIpc) is 2.78. The van der Waals surface area contributed by atoms with E-state index >= 15 is 0 Å². The highest BCUT2D eigenvalue weighted by atomic mass is 32.1. The van der Waals surface area contributed by atoms with Crippen molar-refractivity contribution in [3.05, 3.63) is 9.54 Å². The molecule has 0 radical (unpaired) electrons. The SMILES string of the molecule is CO[Si](CCCNC(=O)n1[nH]c(=S)[nH]c1=S)(OC)OC. The van der Waals surface area contributed by atoms with Gasteiger partial charge in [0, 0.05) is 33.9 Å². The molecule has 1 heterocycles. The average molecular weight is 338 g/mol. The smallest absolute Gasteiger partial charge is 0.377 e. The van der Waals surface area contributed by atoms with Gasteiger partial charge >= 0.3 is 14.8 Å². The fraction of sp³-hybridized carbons (Fsp3) is 0.667. The molecule has 0 spiro atoms. The summed E-state index contributed by atoms with van der Waals surface area (Å²) in [5.74, 6) is 0. The molecule has 3 N–H and O–H groups in total. The Morgan fingerprint density at radius 1 is 1.30 bits per heavy atom. The van der Waals surface area contributed by atoms with Crippen LogP contribution in [0.5, 0.6) is 0 Å². The van der Waals surface area contributed by atoms with E-state index in [2.05, 4.69) is 15.4 Å². The number of H-pyrrole nitrogens is 2. The van der Waals surface area contributed by atoms with Crippen LogP contribution in [0.3, 0.4) is 0 Å². The Morgan fingerprint density at radius 2 is 1.90 bits per heavy atom. The zero-order valence-electron chi connectivity index (χ0n) is 11.5. The number of hydrogen-bond donors (Lipinski definition) is 3. The molecule has 0 aromatic carbocycles. The normalized spacial score (nSPS) is 11.6. The molecule has 0 unspecified atom stereocenters. The minimum atomic E-state index is -2.58. The number of aromatic nitrogens is 3. The first-order valence-electron chi connectivity index (χ1n) is 5.83. The lowest BCUT2D eigenvalue weighted by Gasteiger charge is -2.24. The third-order valence-corrected chi connectivity index (χ3v) is 6.02. The van der Waals surface area contributed by atoms with Crippen LogP contribution >= 0.6 is 24.4 Å². The number of carbonyl (C=O) groups is 1. The Kier molecular flexibility index (Phi) is 6.71.